The molecule has 0 aliphatic carbocycles. The minimum absolute atomic E-state index is 0.0846. The fourth-order valence-corrected chi connectivity index (χ4v) is 3.04. The van der Waals surface area contributed by atoms with Crippen molar-refractivity contribution in [3.8, 4) is 0 Å². The molecule has 19 heavy (non-hydrogen) atoms. The molecule has 0 radical (unpaired) electrons. The van der Waals surface area contributed by atoms with E-state index in [9.17, 15) is 4.79 Å². The number of nitrogens with one attached hydrogen (secondary N) is 1. The molecule has 0 spiro atoms. The average Bonchev–Trinajstić information content (AvgIpc) is 2.78. The Balaban J connectivity index is 1.79. The molecule has 0 fully saturated rings. The van der Waals surface area contributed by atoms with Crippen LogP contribution in [0.4, 0.5) is 5.69 Å². The number of fused-ring (bicyclic) bond motifs is 1. The fraction of sp³-hybridized carbons (Fsp3) is 0.188. The van der Waals surface area contributed by atoms with Gasteiger partial charge in [-0.05, 0) is 29.2 Å². The SMILES string of the molecule is O=C1Cc2cc(C(Br)Cc3ccccc3)ccc2N1. The maximum Gasteiger partial charge on any atom is 0.228 e. The third kappa shape index (κ3) is 2.71. The zero-order valence-electron chi connectivity index (χ0n) is 10.4. The van der Waals surface area contributed by atoms with Gasteiger partial charge >= 0.3 is 0 Å². The van der Waals surface area contributed by atoms with Crippen LogP contribution in [0.25, 0.3) is 0 Å². The van der Waals surface area contributed by atoms with Gasteiger partial charge in [-0.1, -0.05) is 58.4 Å². The standard InChI is InChI=1S/C16H14BrNO/c17-14(8-11-4-2-1-3-5-11)12-6-7-15-13(9-12)10-16(19)18-15/h1-7,9,14H,8,10H2,(H,18,19). The van der Waals surface area contributed by atoms with Gasteiger partial charge in [0.2, 0.25) is 5.91 Å². The van der Waals surface area contributed by atoms with Crippen LogP contribution in [0.2, 0.25) is 0 Å². The molecule has 0 saturated heterocycles. The van der Waals surface area contributed by atoms with E-state index in [4.69, 9.17) is 0 Å². The molecule has 0 saturated carbocycles. The smallest absolute Gasteiger partial charge is 0.228 e. The average molecular weight is 316 g/mol. The Bertz CT molecular complexity index is 609. The molecule has 0 aromatic heterocycles. The number of anilines is 1. The summed E-state index contributed by atoms with van der Waals surface area (Å²) in [6.07, 6.45) is 1.44. The summed E-state index contributed by atoms with van der Waals surface area (Å²) in [5.74, 6) is 0.0846. The van der Waals surface area contributed by atoms with Gasteiger partial charge in [-0.25, -0.2) is 0 Å². The zero-order chi connectivity index (χ0) is 13.2. The van der Waals surface area contributed by atoms with Crippen molar-refractivity contribution < 1.29 is 4.79 Å². The van der Waals surface area contributed by atoms with Crippen molar-refractivity contribution in [2.75, 3.05) is 5.32 Å². The highest BCUT2D eigenvalue weighted by Gasteiger charge is 2.19. The topological polar surface area (TPSA) is 29.1 Å². The monoisotopic (exact) mass is 315 g/mol. The summed E-state index contributed by atoms with van der Waals surface area (Å²) in [6, 6.07) is 16.6. The Kier molecular flexibility index (Phi) is 3.38. The van der Waals surface area contributed by atoms with Crippen LogP contribution in [-0.2, 0) is 17.6 Å². The van der Waals surface area contributed by atoms with Gasteiger partial charge < -0.3 is 5.32 Å². The molecule has 1 aliphatic rings. The molecule has 1 atom stereocenters. The quantitative estimate of drug-likeness (QED) is 0.856. The van der Waals surface area contributed by atoms with Gasteiger partial charge in [-0.3, -0.25) is 4.79 Å². The van der Waals surface area contributed by atoms with Crippen LogP contribution >= 0.6 is 15.9 Å². The molecule has 2 nitrogen and oxygen atoms in total. The van der Waals surface area contributed by atoms with Gasteiger partial charge in [0, 0.05) is 10.5 Å². The normalized spacial score (nSPS) is 14.9. The van der Waals surface area contributed by atoms with E-state index >= 15 is 0 Å². The maximum absolute atomic E-state index is 11.3. The van der Waals surface area contributed by atoms with Gasteiger partial charge in [0.25, 0.3) is 0 Å². The van der Waals surface area contributed by atoms with Crippen molar-refractivity contribution >= 4 is 27.5 Å². The largest absolute Gasteiger partial charge is 0.326 e. The minimum atomic E-state index is 0.0846. The number of hydrogen-bond donors (Lipinski definition) is 1. The molecule has 2 aromatic carbocycles. The van der Waals surface area contributed by atoms with E-state index in [2.05, 4.69) is 57.6 Å². The van der Waals surface area contributed by atoms with E-state index in [1.54, 1.807) is 0 Å². The highest BCUT2D eigenvalue weighted by molar-refractivity contribution is 9.09. The number of alkyl halides is 1. The fourth-order valence-electron chi connectivity index (χ4n) is 2.38. The summed E-state index contributed by atoms with van der Waals surface area (Å²) in [7, 11) is 0. The third-order valence-electron chi connectivity index (χ3n) is 3.37. The Hall–Kier alpha value is -1.61. The zero-order valence-corrected chi connectivity index (χ0v) is 12.0. The lowest BCUT2D eigenvalue weighted by Gasteiger charge is -2.11. The molecule has 3 rings (SSSR count). The van der Waals surface area contributed by atoms with Gasteiger partial charge in [0.1, 0.15) is 0 Å². The molecule has 1 aliphatic heterocycles. The number of halogens is 1. The number of carbonyl (C=O) groups is 1. The number of benzene rings is 2. The molecule has 96 valence electrons. The first kappa shape index (κ1) is 12.4. The first-order chi connectivity index (χ1) is 9.22. The van der Waals surface area contributed by atoms with E-state index in [0.717, 1.165) is 17.7 Å². The molecule has 1 unspecified atom stereocenters. The third-order valence-corrected chi connectivity index (χ3v) is 4.23. The van der Waals surface area contributed by atoms with Crippen LogP contribution in [0.1, 0.15) is 21.5 Å². The van der Waals surface area contributed by atoms with Crippen LogP contribution in [0.15, 0.2) is 48.5 Å². The maximum atomic E-state index is 11.3. The van der Waals surface area contributed by atoms with Crippen molar-refractivity contribution in [2.24, 2.45) is 0 Å². The van der Waals surface area contributed by atoms with E-state index in [-0.39, 0.29) is 10.7 Å². The van der Waals surface area contributed by atoms with Gasteiger partial charge in [-0.15, -0.1) is 0 Å². The highest BCUT2D eigenvalue weighted by Crippen LogP contribution is 2.32. The summed E-state index contributed by atoms with van der Waals surface area (Å²) in [4.78, 5) is 11.6. The second-order valence-corrected chi connectivity index (χ2v) is 5.90. The van der Waals surface area contributed by atoms with Crippen LogP contribution in [-0.4, -0.2) is 5.91 Å². The Morgan fingerprint density at radius 2 is 1.95 bits per heavy atom. The second-order valence-electron chi connectivity index (χ2n) is 4.80. The molecule has 1 heterocycles. The molecular weight excluding hydrogens is 302 g/mol. The minimum Gasteiger partial charge on any atom is -0.326 e. The van der Waals surface area contributed by atoms with Crippen LogP contribution < -0.4 is 5.32 Å². The number of amides is 1. The number of carbonyl (C=O) groups excluding carboxylic acids is 1. The number of rotatable bonds is 3. The van der Waals surface area contributed by atoms with Crippen molar-refractivity contribution in [3.05, 3.63) is 65.2 Å². The van der Waals surface area contributed by atoms with Gasteiger partial charge in [-0.2, -0.15) is 0 Å². The Morgan fingerprint density at radius 1 is 1.16 bits per heavy atom. The second kappa shape index (κ2) is 5.17. The molecule has 2 aromatic rings. The van der Waals surface area contributed by atoms with Crippen LogP contribution in [0, 0.1) is 0 Å². The first-order valence-electron chi connectivity index (χ1n) is 6.33. The predicted molar refractivity (Wildman–Crippen MR) is 80.6 cm³/mol. The van der Waals surface area contributed by atoms with Gasteiger partial charge in [0.05, 0.1) is 6.42 Å². The lowest BCUT2D eigenvalue weighted by Crippen LogP contribution is -2.03. The molecule has 1 N–H and O–H groups in total. The molecule has 3 heteroatoms. The van der Waals surface area contributed by atoms with Crippen molar-refractivity contribution in [1.29, 1.82) is 0 Å². The van der Waals surface area contributed by atoms with E-state index in [0.29, 0.717) is 6.42 Å². The van der Waals surface area contributed by atoms with Crippen LogP contribution in [0.5, 0.6) is 0 Å². The van der Waals surface area contributed by atoms with Crippen molar-refractivity contribution in [3.63, 3.8) is 0 Å². The Labute approximate surface area is 121 Å². The van der Waals surface area contributed by atoms with Crippen molar-refractivity contribution in [1.82, 2.24) is 0 Å². The van der Waals surface area contributed by atoms with E-state index in [1.807, 2.05) is 12.1 Å². The van der Waals surface area contributed by atoms with Gasteiger partial charge in [0.15, 0.2) is 0 Å². The lowest BCUT2D eigenvalue weighted by atomic mass is 10.0. The van der Waals surface area contributed by atoms with E-state index in [1.165, 1.54) is 11.1 Å². The predicted octanol–water partition coefficient (Wildman–Crippen LogP) is 3.86. The van der Waals surface area contributed by atoms with Crippen molar-refractivity contribution in [2.45, 2.75) is 17.7 Å². The summed E-state index contributed by atoms with van der Waals surface area (Å²) in [5, 5.41) is 2.86. The summed E-state index contributed by atoms with van der Waals surface area (Å²) in [5.41, 5.74) is 4.58. The Morgan fingerprint density at radius 3 is 2.74 bits per heavy atom. The molecule has 1 amide bonds. The summed E-state index contributed by atoms with van der Waals surface area (Å²) < 4.78 is 0. The summed E-state index contributed by atoms with van der Waals surface area (Å²) in [6.45, 7) is 0. The van der Waals surface area contributed by atoms with Crippen LogP contribution in [0.3, 0.4) is 0 Å². The number of hydrogen-bond acceptors (Lipinski definition) is 1. The highest BCUT2D eigenvalue weighted by atomic mass is 79.9. The molecule has 0 bridgehead atoms. The lowest BCUT2D eigenvalue weighted by molar-refractivity contribution is -0.115. The first-order valence-corrected chi connectivity index (χ1v) is 7.24. The molecular formula is C16H14BrNO. The summed E-state index contributed by atoms with van der Waals surface area (Å²) >= 11 is 3.74. The van der Waals surface area contributed by atoms with E-state index < -0.39 is 0 Å².